The molecule has 1 unspecified atom stereocenters. The number of rotatable bonds is 5. The zero-order valence-corrected chi connectivity index (χ0v) is 17.9. The summed E-state index contributed by atoms with van der Waals surface area (Å²) in [6.07, 6.45) is 1.45. The monoisotopic (exact) mass is 455 g/mol. The number of methoxy groups -OCH3 is 2. The Balaban J connectivity index is 1.72. The van der Waals surface area contributed by atoms with E-state index in [0.717, 1.165) is 11.6 Å². The van der Waals surface area contributed by atoms with Gasteiger partial charge in [0.05, 0.1) is 30.9 Å². The van der Waals surface area contributed by atoms with E-state index in [0.29, 0.717) is 41.0 Å². The van der Waals surface area contributed by atoms with E-state index < -0.39 is 23.1 Å². The number of carbonyl (C=O) groups excluding carboxylic acids is 3. The summed E-state index contributed by atoms with van der Waals surface area (Å²) in [6.45, 7) is 0. The molecule has 1 fully saturated rings. The maximum Gasteiger partial charge on any atom is 0.290 e. The molecule has 2 heterocycles. The number of hydrogen-bond acceptors (Lipinski definition) is 7. The van der Waals surface area contributed by atoms with Crippen molar-refractivity contribution in [3.8, 4) is 11.5 Å². The molecule has 1 atom stereocenters. The lowest BCUT2D eigenvalue weighted by molar-refractivity contribution is -0.128. The molecule has 0 bridgehead atoms. The normalized spacial score (nSPS) is 19.2. The van der Waals surface area contributed by atoms with Crippen molar-refractivity contribution in [3.05, 3.63) is 70.4 Å². The van der Waals surface area contributed by atoms with E-state index in [9.17, 15) is 18.8 Å². The maximum absolute atomic E-state index is 13.4. The van der Waals surface area contributed by atoms with E-state index >= 15 is 0 Å². The topological polar surface area (TPSA) is 97.3 Å². The molecule has 32 heavy (non-hydrogen) atoms. The van der Waals surface area contributed by atoms with Gasteiger partial charge < -0.3 is 9.47 Å². The molecule has 2 aliphatic rings. The number of carbonyl (C=O) groups is 3. The van der Waals surface area contributed by atoms with Crippen LogP contribution in [-0.4, -0.2) is 42.0 Å². The molecule has 0 aliphatic carbocycles. The predicted molar refractivity (Wildman–Crippen MR) is 116 cm³/mol. The van der Waals surface area contributed by atoms with Crippen LogP contribution in [0.4, 0.5) is 9.18 Å². The van der Waals surface area contributed by atoms with Crippen LogP contribution < -0.4 is 14.8 Å². The lowest BCUT2D eigenvalue weighted by Gasteiger charge is -2.22. The van der Waals surface area contributed by atoms with Gasteiger partial charge in [-0.1, -0.05) is 18.2 Å². The second-order valence-electron chi connectivity index (χ2n) is 6.92. The molecule has 0 spiro atoms. The van der Waals surface area contributed by atoms with E-state index in [-0.39, 0.29) is 10.7 Å². The molecular formula is C22H18FN3O5S. The van der Waals surface area contributed by atoms with Gasteiger partial charge in [-0.25, -0.2) is 9.40 Å². The summed E-state index contributed by atoms with van der Waals surface area (Å²) >= 11 is 0.655. The maximum atomic E-state index is 13.4. The van der Waals surface area contributed by atoms with Gasteiger partial charge in [0, 0.05) is 12.5 Å². The average molecular weight is 455 g/mol. The highest BCUT2D eigenvalue weighted by atomic mass is 32.2. The molecule has 0 saturated carbocycles. The third-order valence-corrected chi connectivity index (χ3v) is 5.81. The van der Waals surface area contributed by atoms with Crippen molar-refractivity contribution in [2.24, 2.45) is 5.10 Å². The zero-order valence-electron chi connectivity index (χ0n) is 17.1. The van der Waals surface area contributed by atoms with Gasteiger partial charge in [0.15, 0.2) is 11.5 Å². The highest BCUT2D eigenvalue weighted by molar-refractivity contribution is 8.18. The number of amides is 3. The Morgan fingerprint density at radius 2 is 1.88 bits per heavy atom. The van der Waals surface area contributed by atoms with E-state index in [1.54, 1.807) is 30.3 Å². The Hall–Kier alpha value is -3.66. The summed E-state index contributed by atoms with van der Waals surface area (Å²) in [4.78, 5) is 36.4. The fourth-order valence-corrected chi connectivity index (χ4v) is 4.10. The van der Waals surface area contributed by atoms with Crippen LogP contribution in [0.5, 0.6) is 11.5 Å². The second-order valence-corrected chi connectivity index (χ2v) is 7.94. The van der Waals surface area contributed by atoms with Gasteiger partial charge in [0.1, 0.15) is 5.82 Å². The van der Waals surface area contributed by atoms with Crippen LogP contribution in [-0.2, 0) is 9.59 Å². The number of hydrazone groups is 1. The lowest BCUT2D eigenvalue weighted by Crippen LogP contribution is -2.26. The first kappa shape index (κ1) is 21.6. The van der Waals surface area contributed by atoms with Crippen molar-refractivity contribution in [3.63, 3.8) is 0 Å². The number of halogens is 1. The molecular weight excluding hydrogens is 437 g/mol. The first-order valence-electron chi connectivity index (χ1n) is 9.53. The quantitative estimate of drug-likeness (QED) is 0.695. The van der Waals surface area contributed by atoms with Gasteiger partial charge in [-0.05, 0) is 47.2 Å². The standard InChI is InChI=1S/C22H18FN3O5S/c1-30-17-8-5-13(9-18(17)31-2)16-10-15(12-3-6-14(23)7-4-12)25-26(16)20(27)11-19-21(28)24-22(29)32-19/h3-9,11,16H,10H2,1-2H3,(H,24,28,29)/b19-11-. The molecule has 2 aromatic carbocycles. The predicted octanol–water partition coefficient (Wildman–Crippen LogP) is 3.39. The Labute approximate surface area is 187 Å². The Kier molecular flexibility index (Phi) is 5.95. The smallest absolute Gasteiger partial charge is 0.290 e. The molecule has 8 nitrogen and oxygen atoms in total. The molecule has 1 N–H and O–H groups in total. The highest BCUT2D eigenvalue weighted by Crippen LogP contribution is 2.38. The minimum atomic E-state index is -0.627. The van der Waals surface area contributed by atoms with Crippen LogP contribution >= 0.6 is 11.8 Å². The van der Waals surface area contributed by atoms with Crippen molar-refractivity contribution in [2.75, 3.05) is 14.2 Å². The van der Waals surface area contributed by atoms with Gasteiger partial charge in [0.2, 0.25) is 0 Å². The summed E-state index contributed by atoms with van der Waals surface area (Å²) in [5.74, 6) is -0.545. The van der Waals surface area contributed by atoms with Crippen LogP contribution in [0.15, 0.2) is 58.5 Å². The van der Waals surface area contributed by atoms with Crippen molar-refractivity contribution < 1.29 is 28.2 Å². The number of thioether (sulfide) groups is 1. The Bertz CT molecular complexity index is 1160. The van der Waals surface area contributed by atoms with Crippen molar-refractivity contribution in [2.45, 2.75) is 12.5 Å². The first-order valence-corrected chi connectivity index (χ1v) is 10.3. The fraction of sp³-hybridized carbons (Fsp3) is 0.182. The summed E-state index contributed by atoms with van der Waals surface area (Å²) < 4.78 is 24.0. The number of imide groups is 1. The summed E-state index contributed by atoms with van der Waals surface area (Å²) in [6, 6.07) is 10.6. The van der Waals surface area contributed by atoms with Crippen molar-refractivity contribution in [1.29, 1.82) is 0 Å². The molecule has 0 aromatic heterocycles. The third-order valence-electron chi connectivity index (χ3n) is 5.00. The average Bonchev–Trinajstić information content (AvgIpc) is 3.37. The fourth-order valence-electron chi connectivity index (χ4n) is 3.45. The highest BCUT2D eigenvalue weighted by Gasteiger charge is 2.34. The van der Waals surface area contributed by atoms with Gasteiger partial charge in [0.25, 0.3) is 17.1 Å². The van der Waals surface area contributed by atoms with E-state index in [4.69, 9.17) is 9.47 Å². The summed E-state index contributed by atoms with van der Waals surface area (Å²) in [5, 5.41) is 7.30. The lowest BCUT2D eigenvalue weighted by atomic mass is 9.98. The van der Waals surface area contributed by atoms with Crippen LogP contribution in [0.1, 0.15) is 23.6 Å². The van der Waals surface area contributed by atoms with E-state index in [1.807, 2.05) is 0 Å². The van der Waals surface area contributed by atoms with E-state index in [1.165, 1.54) is 31.4 Å². The Morgan fingerprint density at radius 1 is 1.16 bits per heavy atom. The van der Waals surface area contributed by atoms with Crippen molar-refractivity contribution >= 4 is 34.5 Å². The third kappa shape index (κ3) is 4.22. The van der Waals surface area contributed by atoms with Gasteiger partial charge >= 0.3 is 0 Å². The Morgan fingerprint density at radius 3 is 2.50 bits per heavy atom. The SMILES string of the molecule is COc1ccc(C2CC(c3ccc(F)cc3)=NN2C(=O)/C=C2\SC(=O)NC2=O)cc1OC. The number of ether oxygens (including phenoxy) is 2. The molecule has 164 valence electrons. The van der Waals surface area contributed by atoms with Crippen LogP contribution in [0.25, 0.3) is 0 Å². The van der Waals surface area contributed by atoms with Crippen LogP contribution in [0.3, 0.4) is 0 Å². The second kappa shape index (κ2) is 8.83. The number of nitrogens with zero attached hydrogens (tertiary/aromatic N) is 2. The molecule has 3 amide bonds. The minimum absolute atomic E-state index is 0.00325. The van der Waals surface area contributed by atoms with Crippen LogP contribution in [0, 0.1) is 5.82 Å². The largest absolute Gasteiger partial charge is 0.493 e. The summed E-state index contributed by atoms with van der Waals surface area (Å²) in [5.41, 5.74) is 1.98. The van der Waals surface area contributed by atoms with Gasteiger partial charge in [-0.3, -0.25) is 19.7 Å². The molecule has 2 aliphatic heterocycles. The number of nitrogens with one attached hydrogen (secondary N) is 1. The minimum Gasteiger partial charge on any atom is -0.493 e. The molecule has 1 saturated heterocycles. The van der Waals surface area contributed by atoms with Crippen LogP contribution in [0.2, 0.25) is 0 Å². The zero-order chi connectivity index (χ0) is 22.8. The molecule has 2 aromatic rings. The molecule has 4 rings (SSSR count). The van der Waals surface area contributed by atoms with Gasteiger partial charge in [-0.15, -0.1) is 0 Å². The first-order chi connectivity index (χ1) is 15.4. The molecule has 10 heteroatoms. The molecule has 0 radical (unpaired) electrons. The van der Waals surface area contributed by atoms with E-state index in [2.05, 4.69) is 10.4 Å². The summed E-state index contributed by atoms with van der Waals surface area (Å²) in [7, 11) is 3.04. The van der Waals surface area contributed by atoms with Gasteiger partial charge in [-0.2, -0.15) is 5.10 Å². The van der Waals surface area contributed by atoms with Crippen molar-refractivity contribution in [1.82, 2.24) is 10.3 Å². The number of benzene rings is 2. The number of hydrogen-bond donors (Lipinski definition) is 1.